The predicted molar refractivity (Wildman–Crippen MR) is 87.7 cm³/mol. The van der Waals surface area contributed by atoms with Gasteiger partial charge in [-0.25, -0.2) is 4.39 Å². The molecule has 2 heterocycles. The van der Waals surface area contributed by atoms with Gasteiger partial charge < -0.3 is 9.88 Å². The van der Waals surface area contributed by atoms with Gasteiger partial charge in [-0.05, 0) is 36.6 Å². The zero-order valence-electron chi connectivity index (χ0n) is 12.4. The molecule has 1 atom stereocenters. The van der Waals surface area contributed by atoms with Gasteiger partial charge in [-0.2, -0.15) is 0 Å². The van der Waals surface area contributed by atoms with Crippen molar-refractivity contribution in [3.05, 3.63) is 71.7 Å². The van der Waals surface area contributed by atoms with Gasteiger partial charge in [0, 0.05) is 29.2 Å². The van der Waals surface area contributed by atoms with Gasteiger partial charge in [0.1, 0.15) is 5.82 Å². The van der Waals surface area contributed by atoms with Gasteiger partial charge in [0.2, 0.25) is 0 Å². The van der Waals surface area contributed by atoms with E-state index in [2.05, 4.69) is 40.3 Å². The maximum Gasteiger partial charge on any atom is 0.128 e. The second-order valence-electron chi connectivity index (χ2n) is 6.01. The number of nitrogens with one attached hydrogen (secondary N) is 1. The molecule has 1 aliphatic heterocycles. The lowest BCUT2D eigenvalue weighted by Crippen LogP contribution is -2.07. The molecule has 0 amide bonds. The molecule has 22 heavy (non-hydrogen) atoms. The summed E-state index contributed by atoms with van der Waals surface area (Å²) in [4.78, 5) is 0. The Kier molecular flexibility index (Phi) is 3.43. The Balaban J connectivity index is 1.79. The maximum absolute atomic E-state index is 14.0. The summed E-state index contributed by atoms with van der Waals surface area (Å²) in [5.74, 6) is 0.427. The molecule has 0 bridgehead atoms. The monoisotopic (exact) mass is 294 g/mol. The Bertz CT molecular complexity index is 800. The molecule has 1 unspecified atom stereocenters. The highest BCUT2D eigenvalue weighted by Gasteiger charge is 2.21. The molecule has 1 N–H and O–H groups in total. The van der Waals surface area contributed by atoms with Crippen LogP contribution in [0, 0.1) is 5.82 Å². The van der Waals surface area contributed by atoms with Crippen LogP contribution in [0.4, 0.5) is 4.39 Å². The van der Waals surface area contributed by atoms with Crippen molar-refractivity contribution in [3.8, 4) is 0 Å². The normalized spacial score (nSPS) is 18.1. The Morgan fingerprint density at radius 3 is 2.73 bits per heavy atom. The average molecular weight is 294 g/mol. The van der Waals surface area contributed by atoms with Crippen molar-refractivity contribution in [2.75, 3.05) is 13.1 Å². The van der Waals surface area contributed by atoms with E-state index >= 15 is 0 Å². The number of halogens is 1. The van der Waals surface area contributed by atoms with Crippen LogP contribution in [-0.4, -0.2) is 17.7 Å². The molecule has 0 radical (unpaired) electrons. The van der Waals surface area contributed by atoms with E-state index in [1.807, 2.05) is 12.1 Å². The van der Waals surface area contributed by atoms with E-state index in [0.717, 1.165) is 18.7 Å². The fourth-order valence-electron chi connectivity index (χ4n) is 3.46. The number of fused-ring (bicyclic) bond motifs is 1. The maximum atomic E-state index is 14.0. The quantitative estimate of drug-likeness (QED) is 0.775. The summed E-state index contributed by atoms with van der Waals surface area (Å²) in [6.07, 6.45) is 3.39. The van der Waals surface area contributed by atoms with Gasteiger partial charge in [-0.1, -0.05) is 36.4 Å². The molecule has 4 rings (SSSR count). The Labute approximate surface area is 129 Å². The average Bonchev–Trinajstić information content (AvgIpc) is 3.18. The third-order valence-electron chi connectivity index (χ3n) is 4.62. The smallest absolute Gasteiger partial charge is 0.128 e. The summed E-state index contributed by atoms with van der Waals surface area (Å²) in [5.41, 5.74) is 3.31. The lowest BCUT2D eigenvalue weighted by atomic mass is 9.98. The molecule has 0 spiro atoms. The summed E-state index contributed by atoms with van der Waals surface area (Å²) in [5, 5.41) is 4.73. The number of para-hydroxylation sites is 1. The minimum Gasteiger partial charge on any atom is -0.343 e. The SMILES string of the molecule is Fc1ccccc1Cn1cc(C2CCNC2)c2ccccc21. The summed E-state index contributed by atoms with van der Waals surface area (Å²) < 4.78 is 16.1. The van der Waals surface area contributed by atoms with Crippen molar-refractivity contribution in [2.45, 2.75) is 18.9 Å². The van der Waals surface area contributed by atoms with Gasteiger partial charge in [-0.3, -0.25) is 0 Å². The van der Waals surface area contributed by atoms with Crippen LogP contribution in [0.2, 0.25) is 0 Å². The molecule has 3 aromatic rings. The molecule has 3 heteroatoms. The van der Waals surface area contributed by atoms with E-state index < -0.39 is 0 Å². The van der Waals surface area contributed by atoms with Crippen LogP contribution in [0.1, 0.15) is 23.5 Å². The van der Waals surface area contributed by atoms with E-state index in [1.54, 1.807) is 6.07 Å². The van der Waals surface area contributed by atoms with Crippen molar-refractivity contribution in [2.24, 2.45) is 0 Å². The van der Waals surface area contributed by atoms with Crippen LogP contribution >= 0.6 is 0 Å². The van der Waals surface area contributed by atoms with E-state index in [9.17, 15) is 4.39 Å². The lowest BCUT2D eigenvalue weighted by Gasteiger charge is -2.07. The summed E-state index contributed by atoms with van der Waals surface area (Å²) in [6, 6.07) is 15.5. The van der Waals surface area contributed by atoms with Crippen molar-refractivity contribution >= 4 is 10.9 Å². The van der Waals surface area contributed by atoms with Gasteiger partial charge in [-0.15, -0.1) is 0 Å². The van der Waals surface area contributed by atoms with Gasteiger partial charge >= 0.3 is 0 Å². The molecule has 1 fully saturated rings. The minimum absolute atomic E-state index is 0.135. The molecular formula is C19H19FN2. The second kappa shape index (κ2) is 5.58. The lowest BCUT2D eigenvalue weighted by molar-refractivity contribution is 0.601. The van der Waals surface area contributed by atoms with E-state index in [-0.39, 0.29) is 5.82 Å². The number of rotatable bonds is 3. The zero-order valence-corrected chi connectivity index (χ0v) is 12.4. The van der Waals surface area contributed by atoms with Gasteiger partial charge in [0.15, 0.2) is 0 Å². The van der Waals surface area contributed by atoms with Crippen molar-refractivity contribution in [1.29, 1.82) is 0 Å². The molecule has 2 nitrogen and oxygen atoms in total. The van der Waals surface area contributed by atoms with Crippen LogP contribution in [-0.2, 0) is 6.54 Å². The first kappa shape index (κ1) is 13.5. The first-order chi connectivity index (χ1) is 10.8. The Morgan fingerprint density at radius 2 is 1.91 bits per heavy atom. The largest absolute Gasteiger partial charge is 0.343 e. The second-order valence-corrected chi connectivity index (χ2v) is 6.01. The number of hydrogen-bond donors (Lipinski definition) is 1. The van der Waals surface area contributed by atoms with Crippen LogP contribution in [0.25, 0.3) is 10.9 Å². The molecule has 2 aromatic carbocycles. The third kappa shape index (κ3) is 2.32. The summed E-state index contributed by atoms with van der Waals surface area (Å²) in [7, 11) is 0. The van der Waals surface area contributed by atoms with Gasteiger partial charge in [0.05, 0.1) is 6.54 Å². The predicted octanol–water partition coefficient (Wildman–Crippen LogP) is 3.91. The van der Waals surface area contributed by atoms with E-state index in [0.29, 0.717) is 12.5 Å². The van der Waals surface area contributed by atoms with Crippen LogP contribution in [0.15, 0.2) is 54.7 Å². The van der Waals surface area contributed by atoms with Crippen LogP contribution in [0.5, 0.6) is 0 Å². The highest BCUT2D eigenvalue weighted by atomic mass is 19.1. The highest BCUT2D eigenvalue weighted by molar-refractivity contribution is 5.84. The molecule has 0 aliphatic carbocycles. The third-order valence-corrected chi connectivity index (χ3v) is 4.62. The Hall–Kier alpha value is -2.13. The first-order valence-corrected chi connectivity index (χ1v) is 7.85. The van der Waals surface area contributed by atoms with Crippen LogP contribution < -0.4 is 5.32 Å². The zero-order chi connectivity index (χ0) is 14.9. The van der Waals surface area contributed by atoms with Crippen molar-refractivity contribution in [1.82, 2.24) is 9.88 Å². The fourth-order valence-corrected chi connectivity index (χ4v) is 3.46. The first-order valence-electron chi connectivity index (χ1n) is 7.85. The topological polar surface area (TPSA) is 17.0 Å². The summed E-state index contributed by atoms with van der Waals surface area (Å²) in [6.45, 7) is 2.69. The fraction of sp³-hybridized carbons (Fsp3) is 0.263. The highest BCUT2D eigenvalue weighted by Crippen LogP contribution is 2.31. The van der Waals surface area contributed by atoms with Crippen LogP contribution in [0.3, 0.4) is 0 Å². The number of hydrogen-bond acceptors (Lipinski definition) is 1. The Morgan fingerprint density at radius 1 is 1.09 bits per heavy atom. The molecule has 112 valence electrons. The van der Waals surface area contributed by atoms with Crippen molar-refractivity contribution in [3.63, 3.8) is 0 Å². The summed E-state index contributed by atoms with van der Waals surface area (Å²) >= 11 is 0. The number of benzene rings is 2. The minimum atomic E-state index is -0.135. The number of nitrogens with zero attached hydrogens (tertiary/aromatic N) is 1. The van der Waals surface area contributed by atoms with Crippen molar-refractivity contribution < 1.29 is 4.39 Å². The molecular weight excluding hydrogens is 275 g/mol. The van der Waals surface area contributed by atoms with E-state index in [4.69, 9.17) is 0 Å². The molecule has 1 aromatic heterocycles. The molecule has 0 saturated carbocycles. The molecule has 1 saturated heterocycles. The van der Waals surface area contributed by atoms with Gasteiger partial charge in [0.25, 0.3) is 0 Å². The van der Waals surface area contributed by atoms with E-state index in [1.165, 1.54) is 29.0 Å². The number of aromatic nitrogens is 1. The molecule has 1 aliphatic rings. The standard InChI is InChI=1S/C19H19FN2/c20-18-7-3-1-5-15(18)12-22-13-17(14-9-10-21-11-14)16-6-2-4-8-19(16)22/h1-8,13-14,21H,9-12H2.